The molecule has 92 valence electrons. The van der Waals surface area contributed by atoms with E-state index in [1.165, 1.54) is 0 Å². The van der Waals surface area contributed by atoms with E-state index in [0.717, 1.165) is 19.0 Å². The van der Waals surface area contributed by atoms with Gasteiger partial charge in [0.25, 0.3) is 5.88 Å². The van der Waals surface area contributed by atoms with Gasteiger partial charge in [0.1, 0.15) is 11.7 Å². The molecule has 0 amide bonds. The standard InChI is InChI=1S/C11H13FN2O3/c1-2-17-11(16)8(6-3-4-6)9-13-5-7(12)10(15)14-9/h5-6,8H,2-4H2,1H3,(H,13,14,15). The number of esters is 1. The normalized spacial score (nSPS) is 16.6. The average molecular weight is 240 g/mol. The summed E-state index contributed by atoms with van der Waals surface area (Å²) >= 11 is 0. The van der Waals surface area contributed by atoms with Crippen molar-refractivity contribution in [2.24, 2.45) is 5.92 Å². The first-order valence-corrected chi connectivity index (χ1v) is 5.51. The number of rotatable bonds is 4. The van der Waals surface area contributed by atoms with Crippen molar-refractivity contribution in [2.45, 2.75) is 25.7 Å². The number of hydrogen-bond acceptors (Lipinski definition) is 5. The van der Waals surface area contributed by atoms with E-state index in [9.17, 15) is 14.3 Å². The van der Waals surface area contributed by atoms with Crippen LogP contribution in [0.2, 0.25) is 0 Å². The van der Waals surface area contributed by atoms with Crippen molar-refractivity contribution in [3.63, 3.8) is 0 Å². The van der Waals surface area contributed by atoms with E-state index in [0.29, 0.717) is 0 Å². The first-order valence-electron chi connectivity index (χ1n) is 5.51. The molecular formula is C11H13FN2O3. The van der Waals surface area contributed by atoms with Crippen LogP contribution in [0.5, 0.6) is 5.88 Å². The highest BCUT2D eigenvalue weighted by Crippen LogP contribution is 2.42. The Hall–Kier alpha value is -1.72. The Labute approximate surface area is 97.7 Å². The minimum absolute atomic E-state index is 0.129. The van der Waals surface area contributed by atoms with Crippen LogP contribution in [0.25, 0.3) is 0 Å². The van der Waals surface area contributed by atoms with Crippen LogP contribution in [0, 0.1) is 11.7 Å². The summed E-state index contributed by atoms with van der Waals surface area (Å²) in [5.74, 6) is -2.37. The zero-order valence-electron chi connectivity index (χ0n) is 9.39. The molecule has 1 N–H and O–H groups in total. The number of aromatic nitrogens is 2. The van der Waals surface area contributed by atoms with Crippen LogP contribution < -0.4 is 0 Å². The topological polar surface area (TPSA) is 72.3 Å². The summed E-state index contributed by atoms with van der Waals surface area (Å²) in [7, 11) is 0. The lowest BCUT2D eigenvalue weighted by Crippen LogP contribution is -2.20. The molecule has 6 heteroatoms. The Morgan fingerprint density at radius 3 is 2.94 bits per heavy atom. The smallest absolute Gasteiger partial charge is 0.316 e. The maximum absolute atomic E-state index is 12.8. The van der Waals surface area contributed by atoms with Gasteiger partial charge in [0.2, 0.25) is 5.82 Å². The lowest BCUT2D eigenvalue weighted by Gasteiger charge is -2.13. The van der Waals surface area contributed by atoms with Gasteiger partial charge in [-0.2, -0.15) is 9.37 Å². The Bertz CT molecular complexity index is 435. The Kier molecular flexibility index (Phi) is 3.21. The lowest BCUT2D eigenvalue weighted by molar-refractivity contribution is -0.145. The Balaban J connectivity index is 2.26. The van der Waals surface area contributed by atoms with Crippen LogP contribution in [0.15, 0.2) is 6.20 Å². The maximum atomic E-state index is 12.8. The SMILES string of the molecule is CCOC(=O)C(c1ncc(F)c(O)n1)C1CC1. The first-order chi connectivity index (χ1) is 8.13. The highest BCUT2D eigenvalue weighted by Gasteiger charge is 2.40. The largest absolute Gasteiger partial charge is 0.491 e. The first kappa shape index (κ1) is 11.8. The summed E-state index contributed by atoms with van der Waals surface area (Å²) in [4.78, 5) is 19.1. The fourth-order valence-electron chi connectivity index (χ4n) is 1.69. The van der Waals surface area contributed by atoms with Crippen molar-refractivity contribution in [2.75, 3.05) is 6.61 Å². The number of halogens is 1. The summed E-state index contributed by atoms with van der Waals surface area (Å²) in [5.41, 5.74) is 0. The third-order valence-corrected chi connectivity index (χ3v) is 2.66. The van der Waals surface area contributed by atoms with E-state index >= 15 is 0 Å². The minimum Gasteiger partial charge on any atom is -0.491 e. The van der Waals surface area contributed by atoms with E-state index in [2.05, 4.69) is 9.97 Å². The molecule has 1 fully saturated rings. The zero-order chi connectivity index (χ0) is 12.4. The predicted octanol–water partition coefficient (Wildman–Crippen LogP) is 1.38. The van der Waals surface area contributed by atoms with Gasteiger partial charge >= 0.3 is 5.97 Å². The van der Waals surface area contributed by atoms with Crippen LogP contribution in [-0.2, 0) is 9.53 Å². The number of nitrogens with zero attached hydrogens (tertiary/aromatic N) is 2. The van der Waals surface area contributed by atoms with Crippen molar-refractivity contribution in [3.05, 3.63) is 17.8 Å². The second-order valence-corrected chi connectivity index (χ2v) is 3.97. The van der Waals surface area contributed by atoms with Crippen molar-refractivity contribution >= 4 is 5.97 Å². The van der Waals surface area contributed by atoms with Gasteiger partial charge in [0.05, 0.1) is 12.8 Å². The van der Waals surface area contributed by atoms with Crippen LogP contribution >= 0.6 is 0 Å². The fourth-order valence-corrected chi connectivity index (χ4v) is 1.69. The molecule has 0 aliphatic heterocycles. The lowest BCUT2D eigenvalue weighted by atomic mass is 10.0. The van der Waals surface area contributed by atoms with Crippen molar-refractivity contribution < 1.29 is 19.0 Å². The Morgan fingerprint density at radius 2 is 2.41 bits per heavy atom. The quantitative estimate of drug-likeness (QED) is 0.805. The summed E-state index contributed by atoms with van der Waals surface area (Å²) in [6.45, 7) is 1.99. The molecule has 1 saturated carbocycles. The Morgan fingerprint density at radius 1 is 1.71 bits per heavy atom. The molecule has 17 heavy (non-hydrogen) atoms. The number of carbonyl (C=O) groups is 1. The molecule has 0 aromatic carbocycles. The molecule has 1 aromatic rings. The monoisotopic (exact) mass is 240 g/mol. The molecule has 1 unspecified atom stereocenters. The van der Waals surface area contributed by atoms with E-state index in [4.69, 9.17) is 4.74 Å². The summed E-state index contributed by atoms with van der Waals surface area (Å²) in [6, 6.07) is 0. The molecule has 5 nitrogen and oxygen atoms in total. The van der Waals surface area contributed by atoms with Crippen LogP contribution in [0.1, 0.15) is 31.5 Å². The second kappa shape index (κ2) is 4.65. The van der Waals surface area contributed by atoms with Crippen molar-refractivity contribution in [3.8, 4) is 5.88 Å². The number of carbonyl (C=O) groups excluding carboxylic acids is 1. The third-order valence-electron chi connectivity index (χ3n) is 2.66. The van der Waals surface area contributed by atoms with Gasteiger partial charge in [0.15, 0.2) is 0 Å². The fraction of sp³-hybridized carbons (Fsp3) is 0.545. The summed E-state index contributed by atoms with van der Waals surface area (Å²) in [5, 5.41) is 9.18. The zero-order valence-corrected chi connectivity index (χ0v) is 9.39. The molecule has 0 bridgehead atoms. The highest BCUT2D eigenvalue weighted by molar-refractivity contribution is 5.77. The van der Waals surface area contributed by atoms with Crippen molar-refractivity contribution in [1.29, 1.82) is 0 Å². The highest BCUT2D eigenvalue weighted by atomic mass is 19.1. The summed E-state index contributed by atoms with van der Waals surface area (Å²) in [6.07, 6.45) is 2.65. The van der Waals surface area contributed by atoms with Gasteiger partial charge in [-0.25, -0.2) is 4.98 Å². The van der Waals surface area contributed by atoms with Gasteiger partial charge < -0.3 is 9.84 Å². The van der Waals surface area contributed by atoms with E-state index in [-0.39, 0.29) is 18.3 Å². The molecule has 1 heterocycles. The number of aromatic hydroxyl groups is 1. The minimum atomic E-state index is -0.896. The molecule has 0 radical (unpaired) electrons. The molecule has 0 spiro atoms. The van der Waals surface area contributed by atoms with E-state index in [1.807, 2.05) is 0 Å². The second-order valence-electron chi connectivity index (χ2n) is 3.97. The van der Waals surface area contributed by atoms with Gasteiger partial charge in [-0.05, 0) is 25.7 Å². The van der Waals surface area contributed by atoms with E-state index < -0.39 is 23.6 Å². The molecular weight excluding hydrogens is 227 g/mol. The van der Waals surface area contributed by atoms with Gasteiger partial charge in [0, 0.05) is 0 Å². The average Bonchev–Trinajstić information content (AvgIpc) is 3.08. The summed E-state index contributed by atoms with van der Waals surface area (Å²) < 4.78 is 17.8. The molecule has 2 rings (SSSR count). The van der Waals surface area contributed by atoms with Gasteiger partial charge in [-0.1, -0.05) is 0 Å². The molecule has 1 atom stereocenters. The molecule has 1 aromatic heterocycles. The number of hydrogen-bond donors (Lipinski definition) is 1. The van der Waals surface area contributed by atoms with Crippen molar-refractivity contribution in [1.82, 2.24) is 9.97 Å². The molecule has 1 aliphatic carbocycles. The third kappa shape index (κ3) is 2.51. The van der Waals surface area contributed by atoms with Crippen LogP contribution in [0.4, 0.5) is 4.39 Å². The van der Waals surface area contributed by atoms with Crippen LogP contribution in [0.3, 0.4) is 0 Å². The van der Waals surface area contributed by atoms with Gasteiger partial charge in [-0.3, -0.25) is 4.79 Å². The maximum Gasteiger partial charge on any atom is 0.316 e. The van der Waals surface area contributed by atoms with E-state index in [1.54, 1.807) is 6.92 Å². The molecule has 0 saturated heterocycles. The molecule has 1 aliphatic rings. The number of ether oxygens (including phenoxy) is 1. The van der Waals surface area contributed by atoms with Gasteiger partial charge in [-0.15, -0.1) is 0 Å². The van der Waals surface area contributed by atoms with Crippen LogP contribution in [-0.4, -0.2) is 27.7 Å². The predicted molar refractivity (Wildman–Crippen MR) is 55.8 cm³/mol.